The summed E-state index contributed by atoms with van der Waals surface area (Å²) in [7, 11) is -3.40. The molecule has 1 aliphatic carbocycles. The standard InChI is InChI=1S/C16H24N2O2S/c1-12-5-7-14(8-6-12)18-21(19,20)16-4-2-3-13-11-17-10-9-15(13)16/h2-4,12,14,17-18H,5-11H2,1H3. The van der Waals surface area contributed by atoms with Gasteiger partial charge in [-0.1, -0.05) is 19.1 Å². The van der Waals surface area contributed by atoms with Crippen LogP contribution in [0.5, 0.6) is 0 Å². The number of nitrogens with one attached hydrogen (secondary N) is 2. The molecule has 1 saturated carbocycles. The van der Waals surface area contributed by atoms with Gasteiger partial charge in [-0.15, -0.1) is 0 Å². The molecule has 116 valence electrons. The number of hydrogen-bond acceptors (Lipinski definition) is 3. The molecule has 2 N–H and O–H groups in total. The zero-order valence-corrected chi connectivity index (χ0v) is 13.4. The third-order valence-electron chi connectivity index (χ3n) is 4.72. The summed E-state index contributed by atoms with van der Waals surface area (Å²) in [5.41, 5.74) is 2.11. The first kappa shape index (κ1) is 15.0. The number of rotatable bonds is 3. The Bertz CT molecular complexity index is 605. The van der Waals surface area contributed by atoms with E-state index in [1.165, 1.54) is 0 Å². The molecule has 0 amide bonds. The molecule has 0 bridgehead atoms. The molecule has 0 spiro atoms. The average molecular weight is 308 g/mol. The van der Waals surface area contributed by atoms with Gasteiger partial charge in [0.05, 0.1) is 4.90 Å². The zero-order valence-electron chi connectivity index (χ0n) is 12.6. The van der Waals surface area contributed by atoms with Crippen LogP contribution in [0, 0.1) is 5.92 Å². The topological polar surface area (TPSA) is 58.2 Å². The van der Waals surface area contributed by atoms with Crippen molar-refractivity contribution in [1.82, 2.24) is 10.0 Å². The molecule has 3 rings (SSSR count). The van der Waals surface area contributed by atoms with E-state index in [1.54, 1.807) is 6.07 Å². The fourth-order valence-electron chi connectivity index (χ4n) is 3.41. The molecule has 21 heavy (non-hydrogen) atoms. The second kappa shape index (κ2) is 6.07. The molecule has 1 fully saturated rings. The molecule has 2 aliphatic rings. The zero-order chi connectivity index (χ0) is 14.9. The highest BCUT2D eigenvalue weighted by molar-refractivity contribution is 7.89. The van der Waals surface area contributed by atoms with E-state index in [-0.39, 0.29) is 6.04 Å². The predicted molar refractivity (Wildman–Crippen MR) is 83.6 cm³/mol. The molecule has 4 nitrogen and oxygen atoms in total. The molecular weight excluding hydrogens is 284 g/mol. The maximum absolute atomic E-state index is 12.7. The summed E-state index contributed by atoms with van der Waals surface area (Å²) >= 11 is 0. The summed E-state index contributed by atoms with van der Waals surface area (Å²) in [4.78, 5) is 0.486. The van der Waals surface area contributed by atoms with E-state index in [9.17, 15) is 8.42 Å². The molecule has 1 aromatic carbocycles. The predicted octanol–water partition coefficient (Wildman–Crippen LogP) is 2.19. The minimum absolute atomic E-state index is 0.101. The summed E-state index contributed by atoms with van der Waals surface area (Å²) in [6, 6.07) is 5.72. The maximum atomic E-state index is 12.7. The van der Waals surface area contributed by atoms with Crippen LogP contribution in [0.15, 0.2) is 23.1 Å². The molecule has 0 atom stereocenters. The van der Waals surface area contributed by atoms with Gasteiger partial charge in [0.25, 0.3) is 0 Å². The summed E-state index contributed by atoms with van der Waals surface area (Å²) in [5, 5.41) is 3.29. The lowest BCUT2D eigenvalue weighted by molar-refractivity contribution is 0.332. The molecule has 0 aromatic heterocycles. The van der Waals surface area contributed by atoms with Gasteiger partial charge in [-0.3, -0.25) is 0 Å². The molecule has 0 saturated heterocycles. The van der Waals surface area contributed by atoms with Gasteiger partial charge in [0.15, 0.2) is 0 Å². The fourth-order valence-corrected chi connectivity index (χ4v) is 5.03. The molecule has 1 aromatic rings. The largest absolute Gasteiger partial charge is 0.312 e. The van der Waals surface area contributed by atoms with Crippen molar-refractivity contribution in [1.29, 1.82) is 0 Å². The molecule has 0 radical (unpaired) electrons. The van der Waals surface area contributed by atoms with Crippen molar-refractivity contribution in [3.05, 3.63) is 29.3 Å². The quantitative estimate of drug-likeness (QED) is 0.900. The van der Waals surface area contributed by atoms with Crippen molar-refractivity contribution < 1.29 is 8.42 Å². The average Bonchev–Trinajstić information content (AvgIpc) is 2.49. The van der Waals surface area contributed by atoms with Gasteiger partial charge >= 0.3 is 0 Å². The van der Waals surface area contributed by atoms with Crippen LogP contribution < -0.4 is 10.0 Å². The summed E-state index contributed by atoms with van der Waals surface area (Å²) < 4.78 is 28.4. The second-order valence-electron chi connectivity index (χ2n) is 6.40. The Morgan fingerprint density at radius 2 is 1.95 bits per heavy atom. The van der Waals surface area contributed by atoms with Gasteiger partial charge in [-0.05, 0) is 61.8 Å². The summed E-state index contributed by atoms with van der Waals surface area (Å²) in [6.45, 7) is 3.85. The molecule has 0 unspecified atom stereocenters. The maximum Gasteiger partial charge on any atom is 0.241 e. The van der Waals surface area contributed by atoms with E-state index in [1.807, 2.05) is 12.1 Å². The van der Waals surface area contributed by atoms with Gasteiger partial charge < -0.3 is 5.32 Å². The first-order chi connectivity index (χ1) is 10.1. The Labute approximate surface area is 127 Å². The number of benzene rings is 1. The Balaban J connectivity index is 1.82. The van der Waals surface area contributed by atoms with Crippen molar-refractivity contribution in [3.63, 3.8) is 0 Å². The van der Waals surface area contributed by atoms with Crippen molar-refractivity contribution >= 4 is 10.0 Å². The van der Waals surface area contributed by atoms with Crippen LogP contribution in [0.4, 0.5) is 0 Å². The van der Waals surface area contributed by atoms with Crippen molar-refractivity contribution in [3.8, 4) is 0 Å². The van der Waals surface area contributed by atoms with Crippen LogP contribution >= 0.6 is 0 Å². The molecule has 5 heteroatoms. The minimum atomic E-state index is -3.40. The van der Waals surface area contributed by atoms with E-state index in [0.717, 1.165) is 62.2 Å². The van der Waals surface area contributed by atoms with Gasteiger partial charge in [-0.25, -0.2) is 13.1 Å². The Kier molecular flexibility index (Phi) is 4.33. The van der Waals surface area contributed by atoms with Gasteiger partial charge in [0, 0.05) is 12.6 Å². The lowest BCUT2D eigenvalue weighted by Crippen LogP contribution is -2.38. The van der Waals surface area contributed by atoms with Crippen molar-refractivity contribution in [2.45, 2.75) is 56.5 Å². The van der Waals surface area contributed by atoms with Crippen LogP contribution in [0.2, 0.25) is 0 Å². The first-order valence-corrected chi connectivity index (χ1v) is 9.38. The normalized spacial score (nSPS) is 26.3. The lowest BCUT2D eigenvalue weighted by atomic mass is 9.88. The van der Waals surface area contributed by atoms with Gasteiger partial charge in [-0.2, -0.15) is 0 Å². The third-order valence-corrected chi connectivity index (χ3v) is 6.33. The Morgan fingerprint density at radius 3 is 2.71 bits per heavy atom. The van der Waals surface area contributed by atoms with E-state index in [4.69, 9.17) is 0 Å². The van der Waals surface area contributed by atoms with Crippen molar-refractivity contribution in [2.24, 2.45) is 5.92 Å². The minimum Gasteiger partial charge on any atom is -0.312 e. The van der Waals surface area contributed by atoms with E-state index < -0.39 is 10.0 Å². The van der Waals surface area contributed by atoms with Crippen LogP contribution in [-0.2, 0) is 23.0 Å². The van der Waals surface area contributed by atoms with E-state index in [2.05, 4.69) is 17.0 Å². The second-order valence-corrected chi connectivity index (χ2v) is 8.08. The molecular formula is C16H24N2O2S. The van der Waals surface area contributed by atoms with Crippen LogP contribution in [0.1, 0.15) is 43.7 Å². The number of sulfonamides is 1. The highest BCUT2D eigenvalue weighted by atomic mass is 32.2. The number of fused-ring (bicyclic) bond motifs is 1. The molecule has 1 heterocycles. The Morgan fingerprint density at radius 1 is 1.19 bits per heavy atom. The smallest absolute Gasteiger partial charge is 0.241 e. The third kappa shape index (κ3) is 3.30. The lowest BCUT2D eigenvalue weighted by Gasteiger charge is -2.27. The molecule has 1 aliphatic heterocycles. The van der Waals surface area contributed by atoms with Crippen molar-refractivity contribution in [2.75, 3.05) is 6.54 Å². The summed E-state index contributed by atoms with van der Waals surface area (Å²) in [6.07, 6.45) is 4.93. The van der Waals surface area contributed by atoms with E-state index in [0.29, 0.717) is 4.90 Å². The fraction of sp³-hybridized carbons (Fsp3) is 0.625. The SMILES string of the molecule is CC1CCC(NS(=O)(=O)c2cccc3c2CCNC3)CC1. The monoisotopic (exact) mass is 308 g/mol. The first-order valence-electron chi connectivity index (χ1n) is 7.90. The number of hydrogen-bond donors (Lipinski definition) is 2. The van der Waals surface area contributed by atoms with Crippen LogP contribution in [0.3, 0.4) is 0 Å². The Hall–Kier alpha value is -0.910. The highest BCUT2D eigenvalue weighted by Gasteiger charge is 2.27. The van der Waals surface area contributed by atoms with E-state index >= 15 is 0 Å². The van der Waals surface area contributed by atoms with Gasteiger partial charge in [0.1, 0.15) is 0 Å². The van der Waals surface area contributed by atoms with Crippen LogP contribution in [-0.4, -0.2) is 21.0 Å². The van der Waals surface area contributed by atoms with Crippen LogP contribution in [0.25, 0.3) is 0 Å². The van der Waals surface area contributed by atoms with Gasteiger partial charge in [0.2, 0.25) is 10.0 Å². The summed E-state index contributed by atoms with van der Waals surface area (Å²) in [5.74, 6) is 0.723. The highest BCUT2D eigenvalue weighted by Crippen LogP contribution is 2.27.